The van der Waals surface area contributed by atoms with Gasteiger partial charge in [-0.25, -0.2) is 0 Å². The second-order valence-corrected chi connectivity index (χ2v) is 5.43. The molecule has 1 aliphatic carbocycles. The van der Waals surface area contributed by atoms with Crippen LogP contribution in [0.4, 0.5) is 0 Å². The van der Waals surface area contributed by atoms with E-state index in [9.17, 15) is 0 Å². The summed E-state index contributed by atoms with van der Waals surface area (Å²) in [5.41, 5.74) is 0. The minimum atomic E-state index is 0.458. The van der Waals surface area contributed by atoms with Gasteiger partial charge in [-0.1, -0.05) is 6.92 Å². The fraction of sp³-hybridized carbons (Fsp3) is 1.00. The number of ether oxygens (including phenoxy) is 1. The van der Waals surface area contributed by atoms with Gasteiger partial charge in [-0.2, -0.15) is 0 Å². The first-order valence-electron chi connectivity index (χ1n) is 6.82. The molecule has 3 nitrogen and oxygen atoms in total. The standard InChI is InChI=1S/C13H26N2O/c1-3-14-8-12-6-7-13(16-12)10-15(2)9-11-4-5-11/h11-14H,3-10H2,1-2H3. The van der Waals surface area contributed by atoms with E-state index < -0.39 is 0 Å². The molecular formula is C13H26N2O. The van der Waals surface area contributed by atoms with Crippen LogP contribution in [0.25, 0.3) is 0 Å². The van der Waals surface area contributed by atoms with Crippen LogP contribution in [0.2, 0.25) is 0 Å². The molecule has 0 bridgehead atoms. The Kier molecular flexibility index (Phi) is 4.62. The summed E-state index contributed by atoms with van der Waals surface area (Å²) in [4.78, 5) is 2.46. The molecule has 3 heteroatoms. The van der Waals surface area contributed by atoms with Crippen LogP contribution in [0, 0.1) is 5.92 Å². The molecule has 2 rings (SSSR count). The molecule has 0 radical (unpaired) electrons. The van der Waals surface area contributed by atoms with Crippen LogP contribution in [0.15, 0.2) is 0 Å². The van der Waals surface area contributed by atoms with Crippen molar-refractivity contribution in [1.29, 1.82) is 0 Å². The van der Waals surface area contributed by atoms with E-state index in [0.717, 1.165) is 25.6 Å². The van der Waals surface area contributed by atoms with Gasteiger partial charge in [-0.05, 0) is 45.2 Å². The van der Waals surface area contributed by atoms with Crippen LogP contribution in [0.5, 0.6) is 0 Å². The van der Waals surface area contributed by atoms with Gasteiger partial charge in [0.2, 0.25) is 0 Å². The predicted molar refractivity (Wildman–Crippen MR) is 66.7 cm³/mol. The summed E-state index contributed by atoms with van der Waals surface area (Å²) in [6.07, 6.45) is 6.30. The molecule has 2 aliphatic rings. The average molecular weight is 226 g/mol. The van der Waals surface area contributed by atoms with Crippen molar-refractivity contribution in [2.24, 2.45) is 5.92 Å². The van der Waals surface area contributed by atoms with E-state index in [0.29, 0.717) is 12.2 Å². The number of hydrogen-bond donors (Lipinski definition) is 1. The highest BCUT2D eigenvalue weighted by Gasteiger charge is 2.28. The lowest BCUT2D eigenvalue weighted by molar-refractivity contribution is 0.0275. The molecular weight excluding hydrogens is 200 g/mol. The molecule has 16 heavy (non-hydrogen) atoms. The third kappa shape index (κ3) is 4.04. The van der Waals surface area contributed by atoms with Crippen molar-refractivity contribution in [2.45, 2.75) is 44.8 Å². The summed E-state index contributed by atoms with van der Waals surface area (Å²) in [6.45, 7) is 6.62. The van der Waals surface area contributed by atoms with Gasteiger partial charge < -0.3 is 15.0 Å². The molecule has 1 saturated carbocycles. The molecule has 0 aromatic carbocycles. The lowest BCUT2D eigenvalue weighted by atomic mass is 10.2. The molecule has 2 fully saturated rings. The van der Waals surface area contributed by atoms with Gasteiger partial charge in [0.25, 0.3) is 0 Å². The summed E-state index contributed by atoms with van der Waals surface area (Å²) in [5, 5.41) is 3.37. The lowest BCUT2D eigenvalue weighted by Gasteiger charge is -2.21. The first kappa shape index (κ1) is 12.3. The Morgan fingerprint density at radius 1 is 1.12 bits per heavy atom. The van der Waals surface area contributed by atoms with Crippen molar-refractivity contribution in [3.63, 3.8) is 0 Å². The summed E-state index contributed by atoms with van der Waals surface area (Å²) in [5.74, 6) is 0.990. The molecule has 0 aromatic rings. The Morgan fingerprint density at radius 3 is 2.56 bits per heavy atom. The van der Waals surface area contributed by atoms with E-state index in [1.54, 1.807) is 0 Å². The Balaban J connectivity index is 1.59. The highest BCUT2D eigenvalue weighted by molar-refractivity contribution is 4.80. The zero-order valence-electron chi connectivity index (χ0n) is 10.7. The molecule has 0 spiro atoms. The fourth-order valence-corrected chi connectivity index (χ4v) is 2.53. The molecule has 0 amide bonds. The first-order valence-corrected chi connectivity index (χ1v) is 6.82. The second kappa shape index (κ2) is 5.99. The number of rotatable bonds is 7. The normalized spacial score (nSPS) is 30.2. The molecule has 2 unspecified atom stereocenters. The van der Waals surface area contributed by atoms with Gasteiger partial charge in [0.15, 0.2) is 0 Å². The molecule has 1 saturated heterocycles. The monoisotopic (exact) mass is 226 g/mol. The summed E-state index contributed by atoms with van der Waals surface area (Å²) in [6, 6.07) is 0. The predicted octanol–water partition coefficient (Wildman–Crippen LogP) is 1.49. The van der Waals surface area contributed by atoms with Crippen LogP contribution in [-0.2, 0) is 4.74 Å². The smallest absolute Gasteiger partial charge is 0.0707 e. The molecule has 1 heterocycles. The second-order valence-electron chi connectivity index (χ2n) is 5.43. The Hall–Kier alpha value is -0.120. The largest absolute Gasteiger partial charge is 0.372 e. The van der Waals surface area contributed by atoms with Crippen LogP contribution < -0.4 is 5.32 Å². The zero-order valence-corrected chi connectivity index (χ0v) is 10.7. The maximum Gasteiger partial charge on any atom is 0.0707 e. The highest BCUT2D eigenvalue weighted by atomic mass is 16.5. The fourth-order valence-electron chi connectivity index (χ4n) is 2.53. The summed E-state index contributed by atoms with van der Waals surface area (Å²) < 4.78 is 6.03. The van der Waals surface area contributed by atoms with Crippen molar-refractivity contribution in [2.75, 3.05) is 33.2 Å². The van der Waals surface area contributed by atoms with Crippen LogP contribution in [0.1, 0.15) is 32.6 Å². The van der Waals surface area contributed by atoms with E-state index in [2.05, 4.69) is 24.2 Å². The van der Waals surface area contributed by atoms with E-state index in [-0.39, 0.29) is 0 Å². The van der Waals surface area contributed by atoms with Crippen LogP contribution >= 0.6 is 0 Å². The zero-order chi connectivity index (χ0) is 11.4. The number of nitrogens with zero attached hydrogens (tertiary/aromatic N) is 1. The lowest BCUT2D eigenvalue weighted by Crippen LogP contribution is -2.32. The van der Waals surface area contributed by atoms with Crippen molar-refractivity contribution in [3.8, 4) is 0 Å². The van der Waals surface area contributed by atoms with Gasteiger partial charge in [-0.15, -0.1) is 0 Å². The number of hydrogen-bond acceptors (Lipinski definition) is 3. The maximum absolute atomic E-state index is 6.03. The Bertz CT molecular complexity index is 206. The van der Waals surface area contributed by atoms with E-state index >= 15 is 0 Å². The quantitative estimate of drug-likeness (QED) is 0.712. The Morgan fingerprint density at radius 2 is 1.88 bits per heavy atom. The third-order valence-corrected chi connectivity index (χ3v) is 3.60. The van der Waals surface area contributed by atoms with E-state index in [4.69, 9.17) is 4.74 Å². The third-order valence-electron chi connectivity index (χ3n) is 3.60. The first-order chi connectivity index (χ1) is 7.78. The molecule has 0 aromatic heterocycles. The average Bonchev–Trinajstić information content (AvgIpc) is 2.94. The molecule has 1 N–H and O–H groups in total. The van der Waals surface area contributed by atoms with Gasteiger partial charge in [-0.3, -0.25) is 0 Å². The van der Waals surface area contributed by atoms with E-state index in [1.807, 2.05) is 0 Å². The minimum Gasteiger partial charge on any atom is -0.372 e. The van der Waals surface area contributed by atoms with Gasteiger partial charge in [0, 0.05) is 19.6 Å². The van der Waals surface area contributed by atoms with Crippen LogP contribution in [-0.4, -0.2) is 50.3 Å². The summed E-state index contributed by atoms with van der Waals surface area (Å²) in [7, 11) is 2.24. The van der Waals surface area contributed by atoms with Crippen LogP contribution in [0.3, 0.4) is 0 Å². The van der Waals surface area contributed by atoms with Crippen molar-refractivity contribution in [3.05, 3.63) is 0 Å². The van der Waals surface area contributed by atoms with Gasteiger partial charge in [0.05, 0.1) is 12.2 Å². The topological polar surface area (TPSA) is 24.5 Å². The Labute approximate surface area is 99.5 Å². The molecule has 94 valence electrons. The van der Waals surface area contributed by atoms with Crippen molar-refractivity contribution in [1.82, 2.24) is 10.2 Å². The minimum absolute atomic E-state index is 0.458. The summed E-state index contributed by atoms with van der Waals surface area (Å²) >= 11 is 0. The van der Waals surface area contributed by atoms with E-state index in [1.165, 1.54) is 32.2 Å². The molecule has 2 atom stereocenters. The highest BCUT2D eigenvalue weighted by Crippen LogP contribution is 2.29. The molecule has 1 aliphatic heterocycles. The van der Waals surface area contributed by atoms with Gasteiger partial charge >= 0.3 is 0 Å². The van der Waals surface area contributed by atoms with Gasteiger partial charge in [0.1, 0.15) is 0 Å². The maximum atomic E-state index is 6.03. The number of nitrogens with one attached hydrogen (secondary N) is 1. The van der Waals surface area contributed by atoms with Crippen molar-refractivity contribution >= 4 is 0 Å². The van der Waals surface area contributed by atoms with Crippen molar-refractivity contribution < 1.29 is 4.74 Å². The SMILES string of the molecule is CCNCC1CCC(CN(C)CC2CC2)O1. The number of likely N-dealkylation sites (N-methyl/N-ethyl adjacent to an activating group) is 2.